The predicted molar refractivity (Wildman–Crippen MR) is 85.3 cm³/mol. The van der Waals surface area contributed by atoms with Crippen LogP contribution in [0.3, 0.4) is 0 Å². The molecule has 0 spiro atoms. The third kappa shape index (κ3) is 2.44. The van der Waals surface area contributed by atoms with Crippen molar-refractivity contribution in [2.75, 3.05) is 31.1 Å². The molecule has 7 nitrogen and oxygen atoms in total. The Morgan fingerprint density at radius 2 is 2.00 bits per heavy atom. The van der Waals surface area contributed by atoms with Crippen molar-refractivity contribution in [2.45, 2.75) is 0 Å². The SMILES string of the molecule is Cn1cccc1C(=O)N1CCN(c2nc3ncccc3o2)CC1. The molecule has 0 unspecified atom stereocenters. The normalized spacial score (nSPS) is 15.3. The van der Waals surface area contributed by atoms with Gasteiger partial charge in [-0.25, -0.2) is 4.98 Å². The number of anilines is 1. The molecule has 1 amide bonds. The van der Waals surface area contributed by atoms with Crippen LogP contribution >= 0.6 is 0 Å². The molecule has 1 fully saturated rings. The van der Waals surface area contributed by atoms with Crippen LogP contribution in [0.4, 0.5) is 6.01 Å². The minimum Gasteiger partial charge on any atom is -0.422 e. The molecule has 0 N–H and O–H groups in total. The summed E-state index contributed by atoms with van der Waals surface area (Å²) < 4.78 is 7.59. The maximum atomic E-state index is 12.5. The van der Waals surface area contributed by atoms with Crippen LogP contribution in [0, 0.1) is 0 Å². The summed E-state index contributed by atoms with van der Waals surface area (Å²) >= 11 is 0. The number of pyridine rings is 1. The van der Waals surface area contributed by atoms with Crippen molar-refractivity contribution in [3.05, 3.63) is 42.4 Å². The number of aromatic nitrogens is 3. The molecule has 1 aliphatic heterocycles. The Morgan fingerprint density at radius 3 is 2.70 bits per heavy atom. The number of rotatable bonds is 2. The molecule has 118 valence electrons. The van der Waals surface area contributed by atoms with Gasteiger partial charge >= 0.3 is 0 Å². The Hall–Kier alpha value is -2.83. The van der Waals surface area contributed by atoms with E-state index in [0.29, 0.717) is 49.1 Å². The molecule has 4 rings (SSSR count). The Balaban J connectivity index is 1.46. The Bertz CT molecular complexity index is 812. The fourth-order valence-corrected chi connectivity index (χ4v) is 2.84. The molecule has 7 heteroatoms. The first-order valence-electron chi connectivity index (χ1n) is 7.59. The summed E-state index contributed by atoms with van der Waals surface area (Å²) in [5.74, 6) is 0.0661. The maximum Gasteiger partial charge on any atom is 0.300 e. The standard InChI is InChI=1S/C16H17N5O2/c1-19-7-3-4-12(19)15(22)20-8-10-21(11-9-20)16-18-14-13(23-16)5-2-6-17-14/h2-7H,8-11H2,1H3. The Morgan fingerprint density at radius 1 is 1.17 bits per heavy atom. The van der Waals surface area contributed by atoms with Crippen LogP contribution in [0.1, 0.15) is 10.5 Å². The highest BCUT2D eigenvalue weighted by atomic mass is 16.4. The summed E-state index contributed by atoms with van der Waals surface area (Å²) in [5.41, 5.74) is 2.01. The third-order valence-electron chi connectivity index (χ3n) is 4.15. The van der Waals surface area contributed by atoms with Gasteiger partial charge in [-0.1, -0.05) is 0 Å². The van der Waals surface area contributed by atoms with E-state index < -0.39 is 0 Å². The number of hydrogen-bond donors (Lipinski definition) is 0. The van der Waals surface area contributed by atoms with Gasteiger partial charge in [0.15, 0.2) is 5.58 Å². The van der Waals surface area contributed by atoms with Gasteiger partial charge in [-0.15, -0.1) is 0 Å². The average Bonchev–Trinajstić information content (AvgIpc) is 3.20. The molecule has 0 saturated carbocycles. The van der Waals surface area contributed by atoms with E-state index in [2.05, 4.69) is 14.9 Å². The van der Waals surface area contributed by atoms with Crippen LogP contribution in [0.2, 0.25) is 0 Å². The molecule has 4 heterocycles. The fraction of sp³-hybridized carbons (Fsp3) is 0.312. The number of nitrogens with zero attached hydrogens (tertiary/aromatic N) is 5. The van der Waals surface area contributed by atoms with Gasteiger partial charge in [-0.05, 0) is 24.3 Å². The van der Waals surface area contributed by atoms with Gasteiger partial charge in [0.1, 0.15) is 5.69 Å². The number of carbonyl (C=O) groups is 1. The zero-order chi connectivity index (χ0) is 15.8. The van der Waals surface area contributed by atoms with E-state index in [0.717, 1.165) is 0 Å². The summed E-state index contributed by atoms with van der Waals surface area (Å²) in [7, 11) is 1.88. The lowest BCUT2D eigenvalue weighted by atomic mass is 10.3. The molecule has 1 aliphatic rings. The van der Waals surface area contributed by atoms with E-state index in [1.54, 1.807) is 6.20 Å². The molecular weight excluding hydrogens is 294 g/mol. The van der Waals surface area contributed by atoms with Crippen molar-refractivity contribution in [2.24, 2.45) is 7.05 Å². The molecule has 23 heavy (non-hydrogen) atoms. The molecule has 3 aromatic rings. The number of oxazole rings is 1. The first-order valence-corrected chi connectivity index (χ1v) is 7.59. The van der Waals surface area contributed by atoms with Gasteiger partial charge < -0.3 is 18.8 Å². The molecule has 0 bridgehead atoms. The smallest absolute Gasteiger partial charge is 0.300 e. The molecule has 0 atom stereocenters. The third-order valence-corrected chi connectivity index (χ3v) is 4.15. The molecular formula is C16H17N5O2. The van der Waals surface area contributed by atoms with Gasteiger partial charge in [-0.3, -0.25) is 4.79 Å². The quantitative estimate of drug-likeness (QED) is 0.718. The first kappa shape index (κ1) is 13.8. The lowest BCUT2D eigenvalue weighted by molar-refractivity contribution is 0.0735. The number of fused-ring (bicyclic) bond motifs is 1. The molecule has 3 aromatic heterocycles. The summed E-state index contributed by atoms with van der Waals surface area (Å²) in [4.78, 5) is 25.0. The number of piperazine rings is 1. The van der Waals surface area contributed by atoms with E-state index in [-0.39, 0.29) is 5.91 Å². The van der Waals surface area contributed by atoms with E-state index in [1.807, 2.05) is 47.0 Å². The van der Waals surface area contributed by atoms with E-state index >= 15 is 0 Å². The zero-order valence-corrected chi connectivity index (χ0v) is 12.8. The van der Waals surface area contributed by atoms with Crippen LogP contribution in [0.5, 0.6) is 0 Å². The topological polar surface area (TPSA) is 67.4 Å². The van der Waals surface area contributed by atoms with Gasteiger partial charge in [0.25, 0.3) is 11.9 Å². The van der Waals surface area contributed by atoms with Crippen molar-refractivity contribution in [3.63, 3.8) is 0 Å². The van der Waals surface area contributed by atoms with Crippen LogP contribution < -0.4 is 4.90 Å². The summed E-state index contributed by atoms with van der Waals surface area (Å²) in [6.07, 6.45) is 3.58. The fourth-order valence-electron chi connectivity index (χ4n) is 2.84. The van der Waals surface area contributed by atoms with Gasteiger partial charge in [0, 0.05) is 45.6 Å². The maximum absolute atomic E-state index is 12.5. The second-order valence-corrected chi connectivity index (χ2v) is 5.61. The molecule has 1 saturated heterocycles. The molecule has 0 aromatic carbocycles. The number of amides is 1. The number of carbonyl (C=O) groups excluding carboxylic acids is 1. The molecule has 0 aliphatic carbocycles. The summed E-state index contributed by atoms with van der Waals surface area (Å²) in [5, 5.41) is 0. The first-order chi connectivity index (χ1) is 11.2. The van der Waals surface area contributed by atoms with Crippen LogP contribution in [0.25, 0.3) is 11.2 Å². The minimum atomic E-state index is 0.0661. The van der Waals surface area contributed by atoms with E-state index in [4.69, 9.17) is 4.42 Å². The second-order valence-electron chi connectivity index (χ2n) is 5.61. The predicted octanol–water partition coefficient (Wildman–Crippen LogP) is 1.52. The van der Waals surface area contributed by atoms with Gasteiger partial charge in [0.05, 0.1) is 0 Å². The number of hydrogen-bond acceptors (Lipinski definition) is 5. The van der Waals surface area contributed by atoms with Crippen molar-refractivity contribution in [3.8, 4) is 0 Å². The van der Waals surface area contributed by atoms with Crippen LogP contribution in [-0.4, -0.2) is 51.5 Å². The van der Waals surface area contributed by atoms with Gasteiger partial charge in [-0.2, -0.15) is 4.98 Å². The van der Waals surface area contributed by atoms with Crippen molar-refractivity contribution in [1.82, 2.24) is 19.4 Å². The van der Waals surface area contributed by atoms with E-state index in [1.165, 1.54) is 0 Å². The number of aryl methyl sites for hydroxylation is 1. The largest absolute Gasteiger partial charge is 0.422 e. The van der Waals surface area contributed by atoms with Crippen molar-refractivity contribution < 1.29 is 9.21 Å². The minimum absolute atomic E-state index is 0.0661. The zero-order valence-electron chi connectivity index (χ0n) is 12.8. The lowest BCUT2D eigenvalue weighted by Crippen LogP contribution is -2.49. The van der Waals surface area contributed by atoms with Gasteiger partial charge in [0.2, 0.25) is 5.65 Å². The highest BCUT2D eigenvalue weighted by Gasteiger charge is 2.25. The highest BCUT2D eigenvalue weighted by molar-refractivity contribution is 5.92. The molecule has 0 radical (unpaired) electrons. The van der Waals surface area contributed by atoms with E-state index in [9.17, 15) is 4.79 Å². The summed E-state index contributed by atoms with van der Waals surface area (Å²) in [6.45, 7) is 2.69. The Kier molecular flexibility index (Phi) is 3.25. The lowest BCUT2D eigenvalue weighted by Gasteiger charge is -2.33. The van der Waals surface area contributed by atoms with Crippen molar-refractivity contribution >= 4 is 23.2 Å². The monoisotopic (exact) mass is 311 g/mol. The van der Waals surface area contributed by atoms with Crippen LogP contribution in [0.15, 0.2) is 41.1 Å². The summed E-state index contributed by atoms with van der Waals surface area (Å²) in [6, 6.07) is 7.99. The second kappa shape index (κ2) is 5.42. The Labute approximate surface area is 133 Å². The highest BCUT2D eigenvalue weighted by Crippen LogP contribution is 2.21. The van der Waals surface area contributed by atoms with Crippen LogP contribution in [-0.2, 0) is 7.05 Å². The average molecular weight is 311 g/mol. The van der Waals surface area contributed by atoms with Crippen molar-refractivity contribution in [1.29, 1.82) is 0 Å².